The van der Waals surface area contributed by atoms with Crippen molar-refractivity contribution in [2.45, 2.75) is 12.5 Å². The fourth-order valence-corrected chi connectivity index (χ4v) is 1.19. The van der Waals surface area contributed by atoms with E-state index in [2.05, 4.69) is 10.1 Å². The highest BCUT2D eigenvalue weighted by Crippen LogP contribution is 2.12. The smallest absolute Gasteiger partial charge is 0.264 e. The molecule has 0 spiro atoms. The molecular weight excluding hydrogens is 235 g/mol. The Morgan fingerprint density at radius 1 is 1.31 bits per heavy atom. The summed E-state index contributed by atoms with van der Waals surface area (Å²) in [4.78, 5) is 3.95. The van der Waals surface area contributed by atoms with Crippen molar-refractivity contribution in [1.29, 1.82) is 0 Å². The van der Waals surface area contributed by atoms with Gasteiger partial charge >= 0.3 is 0 Å². The maximum atomic E-state index is 12.6. The normalized spacial score (nSPS) is 10.4. The molecule has 0 atom stereocenters. The third-order valence-electron chi connectivity index (χ3n) is 1.81. The van der Waals surface area contributed by atoms with E-state index >= 15 is 0 Å². The highest BCUT2D eigenvalue weighted by atomic mass is 35.5. The number of ether oxygens (including phenoxy) is 1. The minimum Gasteiger partial charge on any atom is -0.484 e. The summed E-state index contributed by atoms with van der Waals surface area (Å²) in [6.45, 7) is 0.134. The minimum absolute atomic E-state index is 0.134. The number of rotatable bonds is 4. The van der Waals surface area contributed by atoms with Crippen molar-refractivity contribution in [3.8, 4) is 5.75 Å². The second kappa shape index (κ2) is 4.94. The van der Waals surface area contributed by atoms with Crippen molar-refractivity contribution in [1.82, 2.24) is 10.1 Å². The second-order valence-corrected chi connectivity index (χ2v) is 3.25. The van der Waals surface area contributed by atoms with E-state index in [1.54, 1.807) is 0 Å². The molecule has 1 aromatic heterocycles. The summed E-state index contributed by atoms with van der Waals surface area (Å²) in [6.07, 6.45) is 0. The standard InChI is InChI=1S/C10H8ClFN2O2/c11-5-9-13-10(16-14-9)6-15-8-3-1-7(12)2-4-8/h1-4H,5-6H2. The van der Waals surface area contributed by atoms with Crippen LogP contribution in [0.2, 0.25) is 0 Å². The van der Waals surface area contributed by atoms with Crippen LogP contribution in [0, 0.1) is 5.82 Å². The van der Waals surface area contributed by atoms with Crippen LogP contribution in [0.25, 0.3) is 0 Å². The summed E-state index contributed by atoms with van der Waals surface area (Å²) in [7, 11) is 0. The summed E-state index contributed by atoms with van der Waals surface area (Å²) >= 11 is 5.51. The molecule has 0 radical (unpaired) electrons. The van der Waals surface area contributed by atoms with Gasteiger partial charge in [0.15, 0.2) is 12.4 Å². The molecule has 0 aliphatic carbocycles. The van der Waals surface area contributed by atoms with E-state index in [4.69, 9.17) is 20.9 Å². The minimum atomic E-state index is -0.311. The third kappa shape index (κ3) is 2.70. The Bertz CT molecular complexity index is 458. The average molecular weight is 243 g/mol. The molecule has 16 heavy (non-hydrogen) atoms. The summed E-state index contributed by atoms with van der Waals surface area (Å²) in [5.74, 6) is 1.17. The van der Waals surface area contributed by atoms with Crippen LogP contribution in [-0.2, 0) is 12.5 Å². The fraction of sp³-hybridized carbons (Fsp3) is 0.200. The predicted octanol–water partition coefficient (Wildman–Crippen LogP) is 2.53. The summed E-state index contributed by atoms with van der Waals surface area (Å²) < 4.78 is 22.7. The Morgan fingerprint density at radius 3 is 2.69 bits per heavy atom. The van der Waals surface area contributed by atoms with E-state index in [1.807, 2.05) is 0 Å². The van der Waals surface area contributed by atoms with E-state index in [0.717, 1.165) is 0 Å². The average Bonchev–Trinajstić information content (AvgIpc) is 2.76. The van der Waals surface area contributed by atoms with Crippen LogP contribution < -0.4 is 4.74 Å². The molecule has 0 saturated carbocycles. The van der Waals surface area contributed by atoms with Crippen molar-refractivity contribution in [3.05, 3.63) is 41.8 Å². The molecule has 0 bridgehead atoms. The molecule has 0 aliphatic heterocycles. The van der Waals surface area contributed by atoms with E-state index in [1.165, 1.54) is 24.3 Å². The van der Waals surface area contributed by atoms with Crippen molar-refractivity contribution < 1.29 is 13.7 Å². The van der Waals surface area contributed by atoms with Crippen LogP contribution in [0.4, 0.5) is 4.39 Å². The molecule has 4 nitrogen and oxygen atoms in total. The first-order valence-electron chi connectivity index (χ1n) is 4.54. The lowest BCUT2D eigenvalue weighted by atomic mass is 10.3. The van der Waals surface area contributed by atoms with E-state index in [0.29, 0.717) is 17.5 Å². The molecule has 1 aromatic carbocycles. The Labute approximate surface area is 96.0 Å². The van der Waals surface area contributed by atoms with Gasteiger partial charge in [0.2, 0.25) is 0 Å². The molecule has 1 heterocycles. The Balaban J connectivity index is 1.94. The monoisotopic (exact) mass is 242 g/mol. The SMILES string of the molecule is Fc1ccc(OCc2nc(CCl)no2)cc1. The van der Waals surface area contributed by atoms with Crippen LogP contribution >= 0.6 is 11.6 Å². The molecule has 0 amide bonds. The van der Waals surface area contributed by atoms with Crippen LogP contribution in [0.15, 0.2) is 28.8 Å². The van der Waals surface area contributed by atoms with Gasteiger partial charge in [-0.1, -0.05) is 5.16 Å². The van der Waals surface area contributed by atoms with Crippen LogP contribution in [0.1, 0.15) is 11.7 Å². The molecule has 2 aromatic rings. The molecule has 0 fully saturated rings. The number of alkyl halides is 1. The lowest BCUT2D eigenvalue weighted by Crippen LogP contribution is -1.95. The molecule has 2 rings (SSSR count). The van der Waals surface area contributed by atoms with E-state index in [9.17, 15) is 4.39 Å². The maximum Gasteiger partial charge on any atom is 0.264 e. The molecule has 0 saturated heterocycles. The molecule has 6 heteroatoms. The lowest BCUT2D eigenvalue weighted by molar-refractivity contribution is 0.242. The molecule has 0 aliphatic rings. The highest BCUT2D eigenvalue weighted by Gasteiger charge is 2.05. The van der Waals surface area contributed by atoms with E-state index in [-0.39, 0.29) is 18.3 Å². The van der Waals surface area contributed by atoms with E-state index < -0.39 is 0 Å². The van der Waals surface area contributed by atoms with Gasteiger partial charge in [-0.2, -0.15) is 4.98 Å². The quantitative estimate of drug-likeness (QED) is 0.773. The van der Waals surface area contributed by atoms with Gasteiger partial charge in [0.25, 0.3) is 5.89 Å². The van der Waals surface area contributed by atoms with Crippen molar-refractivity contribution in [3.63, 3.8) is 0 Å². The van der Waals surface area contributed by atoms with Gasteiger partial charge in [-0.25, -0.2) is 4.39 Å². The Morgan fingerprint density at radius 2 is 2.06 bits per heavy atom. The number of nitrogens with zero attached hydrogens (tertiary/aromatic N) is 2. The zero-order valence-electron chi connectivity index (χ0n) is 8.19. The highest BCUT2D eigenvalue weighted by molar-refractivity contribution is 6.16. The van der Waals surface area contributed by atoms with Crippen LogP contribution in [0.5, 0.6) is 5.75 Å². The first-order valence-corrected chi connectivity index (χ1v) is 5.07. The number of benzene rings is 1. The Kier molecular flexibility index (Phi) is 3.36. The second-order valence-electron chi connectivity index (χ2n) is 2.98. The number of hydrogen-bond donors (Lipinski definition) is 0. The number of hydrogen-bond acceptors (Lipinski definition) is 4. The van der Waals surface area contributed by atoms with Crippen molar-refractivity contribution in [2.75, 3.05) is 0 Å². The van der Waals surface area contributed by atoms with Crippen molar-refractivity contribution >= 4 is 11.6 Å². The van der Waals surface area contributed by atoms with Crippen molar-refractivity contribution in [2.24, 2.45) is 0 Å². The molecule has 84 valence electrons. The number of halogens is 2. The fourth-order valence-electron chi connectivity index (χ4n) is 1.08. The maximum absolute atomic E-state index is 12.6. The van der Waals surface area contributed by atoms with Gasteiger partial charge in [0.1, 0.15) is 11.6 Å². The van der Waals surface area contributed by atoms with Crippen LogP contribution in [0.3, 0.4) is 0 Å². The zero-order valence-corrected chi connectivity index (χ0v) is 8.95. The lowest BCUT2D eigenvalue weighted by Gasteiger charge is -2.01. The van der Waals surface area contributed by atoms with Gasteiger partial charge < -0.3 is 9.26 Å². The van der Waals surface area contributed by atoms with Crippen LogP contribution in [-0.4, -0.2) is 10.1 Å². The zero-order chi connectivity index (χ0) is 11.4. The van der Waals surface area contributed by atoms with Gasteiger partial charge in [-0.15, -0.1) is 11.6 Å². The van der Waals surface area contributed by atoms with Gasteiger partial charge in [0.05, 0.1) is 5.88 Å². The molecule has 0 N–H and O–H groups in total. The Hall–Kier alpha value is -1.62. The summed E-state index contributed by atoms with van der Waals surface area (Å²) in [5, 5.41) is 3.60. The third-order valence-corrected chi connectivity index (χ3v) is 2.04. The first-order chi connectivity index (χ1) is 7.78. The van der Waals surface area contributed by atoms with Gasteiger partial charge in [0, 0.05) is 0 Å². The summed E-state index contributed by atoms with van der Waals surface area (Å²) in [5.41, 5.74) is 0. The van der Waals surface area contributed by atoms with Gasteiger partial charge in [-0.3, -0.25) is 0 Å². The largest absolute Gasteiger partial charge is 0.484 e. The predicted molar refractivity (Wildman–Crippen MR) is 54.6 cm³/mol. The van der Waals surface area contributed by atoms with Gasteiger partial charge in [-0.05, 0) is 24.3 Å². The number of aromatic nitrogens is 2. The molecule has 0 unspecified atom stereocenters. The summed E-state index contributed by atoms with van der Waals surface area (Å²) in [6, 6.07) is 5.67. The topological polar surface area (TPSA) is 48.2 Å². The molecular formula is C10H8ClFN2O2. The first kappa shape index (κ1) is 10.9.